The molecule has 7 nitrogen and oxygen atoms in total. The number of methoxy groups -OCH3 is 1. The van der Waals surface area contributed by atoms with Gasteiger partial charge in [-0.25, -0.2) is 4.98 Å². The van der Waals surface area contributed by atoms with Gasteiger partial charge < -0.3 is 19.9 Å². The van der Waals surface area contributed by atoms with Gasteiger partial charge in [0.1, 0.15) is 0 Å². The van der Waals surface area contributed by atoms with Gasteiger partial charge in [0.2, 0.25) is 11.8 Å². The lowest BCUT2D eigenvalue weighted by Crippen LogP contribution is -2.53. The van der Waals surface area contributed by atoms with E-state index < -0.39 is 0 Å². The zero-order valence-corrected chi connectivity index (χ0v) is 18.8. The Morgan fingerprint density at radius 1 is 1.40 bits per heavy atom. The van der Waals surface area contributed by atoms with Crippen LogP contribution in [-0.4, -0.2) is 66.7 Å². The lowest BCUT2D eigenvalue weighted by Gasteiger charge is -2.36. The van der Waals surface area contributed by atoms with Gasteiger partial charge in [-0.2, -0.15) is 4.98 Å². The summed E-state index contributed by atoms with van der Waals surface area (Å²) in [6.45, 7) is 8.72. The van der Waals surface area contributed by atoms with Crippen molar-refractivity contribution in [3.8, 4) is 5.88 Å². The SMILES string of the molecule is CCN=C(NC1CC1C)N1CCN(c2ncc(Br)c(OC)n2)CC1.I. The van der Waals surface area contributed by atoms with E-state index in [0.29, 0.717) is 17.9 Å². The molecule has 0 bridgehead atoms. The monoisotopic (exact) mass is 524 g/mol. The number of hydrogen-bond acceptors (Lipinski definition) is 5. The third kappa shape index (κ3) is 5.08. The standard InChI is InChI=1S/C16H25BrN6O.HI/c1-4-18-15(20-13-9-11(13)2)22-5-7-23(8-6-22)16-19-10-12(17)14(21-16)24-3;/h10-11,13H,4-9H2,1-3H3,(H,18,20);1H. The lowest BCUT2D eigenvalue weighted by molar-refractivity contribution is 0.365. The van der Waals surface area contributed by atoms with Crippen molar-refractivity contribution in [1.82, 2.24) is 20.2 Å². The number of aromatic nitrogens is 2. The summed E-state index contributed by atoms with van der Waals surface area (Å²) in [5, 5.41) is 3.59. The minimum atomic E-state index is 0. The van der Waals surface area contributed by atoms with Crippen LogP contribution in [0, 0.1) is 5.92 Å². The number of aliphatic imine (C=N–C) groups is 1. The van der Waals surface area contributed by atoms with E-state index in [1.807, 2.05) is 0 Å². The largest absolute Gasteiger partial charge is 0.480 e. The highest BCUT2D eigenvalue weighted by molar-refractivity contribution is 14.0. The second kappa shape index (κ2) is 9.20. The number of anilines is 1. The Morgan fingerprint density at radius 3 is 2.64 bits per heavy atom. The Hall–Kier alpha value is -0.840. The summed E-state index contributed by atoms with van der Waals surface area (Å²) >= 11 is 3.39. The zero-order valence-electron chi connectivity index (χ0n) is 14.9. The van der Waals surface area contributed by atoms with Crippen LogP contribution >= 0.6 is 39.9 Å². The highest BCUT2D eigenvalue weighted by Gasteiger charge is 2.34. The van der Waals surface area contributed by atoms with Crippen LogP contribution in [0.25, 0.3) is 0 Å². The first-order chi connectivity index (χ1) is 11.6. The number of nitrogens with zero attached hydrogens (tertiary/aromatic N) is 5. The van der Waals surface area contributed by atoms with Crippen LogP contribution in [0.15, 0.2) is 15.7 Å². The maximum atomic E-state index is 5.26. The molecule has 3 rings (SSSR count). The molecule has 0 aromatic carbocycles. The average Bonchev–Trinajstić information content (AvgIpc) is 3.30. The van der Waals surface area contributed by atoms with Gasteiger partial charge in [0.05, 0.1) is 17.8 Å². The molecule has 2 unspecified atom stereocenters. The van der Waals surface area contributed by atoms with E-state index in [1.165, 1.54) is 6.42 Å². The van der Waals surface area contributed by atoms with Gasteiger partial charge in [-0.15, -0.1) is 24.0 Å². The lowest BCUT2D eigenvalue weighted by atomic mass is 10.3. The van der Waals surface area contributed by atoms with Gasteiger partial charge >= 0.3 is 0 Å². The molecule has 2 fully saturated rings. The topological polar surface area (TPSA) is 65.9 Å². The van der Waals surface area contributed by atoms with E-state index in [9.17, 15) is 0 Å². The Kier molecular flexibility index (Phi) is 7.53. The predicted molar refractivity (Wildman–Crippen MR) is 114 cm³/mol. The second-order valence-electron chi connectivity index (χ2n) is 6.26. The van der Waals surface area contributed by atoms with Crippen LogP contribution in [0.4, 0.5) is 5.95 Å². The fraction of sp³-hybridized carbons (Fsp3) is 0.688. The van der Waals surface area contributed by atoms with Gasteiger partial charge in [-0.1, -0.05) is 6.92 Å². The minimum Gasteiger partial charge on any atom is -0.480 e. The van der Waals surface area contributed by atoms with E-state index in [2.05, 4.69) is 59.9 Å². The number of hydrogen-bond donors (Lipinski definition) is 1. The molecule has 2 heterocycles. The molecule has 0 radical (unpaired) electrons. The molecule has 1 aromatic heterocycles. The third-order valence-corrected chi connectivity index (χ3v) is 5.03. The van der Waals surface area contributed by atoms with Crippen molar-refractivity contribution in [1.29, 1.82) is 0 Å². The summed E-state index contributed by atoms with van der Waals surface area (Å²) in [7, 11) is 1.62. The molecule has 0 amide bonds. The van der Waals surface area contributed by atoms with Crippen LogP contribution < -0.4 is 15.0 Å². The average molecular weight is 525 g/mol. The van der Waals surface area contributed by atoms with Crippen molar-refractivity contribution < 1.29 is 4.74 Å². The van der Waals surface area contributed by atoms with Crippen LogP contribution in [0.3, 0.4) is 0 Å². The second-order valence-corrected chi connectivity index (χ2v) is 7.12. The molecule has 9 heteroatoms. The first kappa shape index (κ1) is 20.5. The van der Waals surface area contributed by atoms with E-state index in [4.69, 9.17) is 4.74 Å². The summed E-state index contributed by atoms with van der Waals surface area (Å²) in [5.74, 6) is 3.09. The number of rotatable bonds is 4. The normalized spacial score (nSPS) is 23.1. The van der Waals surface area contributed by atoms with Crippen molar-refractivity contribution in [3.05, 3.63) is 10.7 Å². The predicted octanol–water partition coefficient (Wildman–Crippen LogP) is 2.36. The van der Waals surface area contributed by atoms with Crippen LogP contribution in [-0.2, 0) is 0 Å². The summed E-state index contributed by atoms with van der Waals surface area (Å²) in [5.41, 5.74) is 0. The van der Waals surface area contributed by atoms with Crippen molar-refractivity contribution in [3.63, 3.8) is 0 Å². The summed E-state index contributed by atoms with van der Waals surface area (Å²) in [4.78, 5) is 18.1. The van der Waals surface area contributed by atoms with Crippen molar-refractivity contribution in [2.24, 2.45) is 10.9 Å². The Morgan fingerprint density at radius 2 is 2.08 bits per heavy atom. The quantitative estimate of drug-likeness (QED) is 0.370. The first-order valence-corrected chi connectivity index (χ1v) is 9.29. The summed E-state index contributed by atoms with van der Waals surface area (Å²) < 4.78 is 6.04. The van der Waals surface area contributed by atoms with E-state index >= 15 is 0 Å². The molecule has 1 saturated carbocycles. The van der Waals surface area contributed by atoms with Crippen LogP contribution in [0.1, 0.15) is 20.3 Å². The number of piperazine rings is 1. The number of ether oxygens (including phenoxy) is 1. The fourth-order valence-corrected chi connectivity index (χ4v) is 3.19. The Labute approximate surface area is 174 Å². The maximum Gasteiger partial charge on any atom is 0.232 e. The molecule has 1 aliphatic heterocycles. The zero-order chi connectivity index (χ0) is 17.1. The Bertz CT molecular complexity index is 608. The van der Waals surface area contributed by atoms with Gasteiger partial charge in [-0.3, -0.25) is 4.99 Å². The van der Waals surface area contributed by atoms with Crippen molar-refractivity contribution in [2.45, 2.75) is 26.3 Å². The van der Waals surface area contributed by atoms with Gasteiger partial charge in [0.15, 0.2) is 5.96 Å². The molecule has 25 heavy (non-hydrogen) atoms. The minimum absolute atomic E-state index is 0. The molecule has 1 N–H and O–H groups in total. The fourth-order valence-electron chi connectivity index (χ4n) is 2.83. The molecule has 1 aliphatic carbocycles. The smallest absolute Gasteiger partial charge is 0.232 e. The highest BCUT2D eigenvalue weighted by Crippen LogP contribution is 2.29. The summed E-state index contributed by atoms with van der Waals surface area (Å²) in [6.07, 6.45) is 2.99. The first-order valence-electron chi connectivity index (χ1n) is 8.49. The molecule has 1 aromatic rings. The molecule has 2 atom stereocenters. The van der Waals surface area contributed by atoms with E-state index in [0.717, 1.165) is 49.1 Å². The number of nitrogens with one attached hydrogen (secondary N) is 1. The maximum absolute atomic E-state index is 5.26. The van der Waals surface area contributed by atoms with Crippen LogP contribution in [0.2, 0.25) is 0 Å². The molecular formula is C16H26BrIN6O. The van der Waals surface area contributed by atoms with E-state index in [-0.39, 0.29) is 24.0 Å². The molecular weight excluding hydrogens is 499 g/mol. The van der Waals surface area contributed by atoms with Crippen molar-refractivity contribution in [2.75, 3.05) is 44.7 Å². The highest BCUT2D eigenvalue weighted by atomic mass is 127. The van der Waals surface area contributed by atoms with Gasteiger partial charge in [-0.05, 0) is 35.2 Å². The number of guanidine groups is 1. The van der Waals surface area contributed by atoms with Gasteiger partial charge in [0, 0.05) is 38.8 Å². The van der Waals surface area contributed by atoms with E-state index in [1.54, 1.807) is 13.3 Å². The molecule has 140 valence electrons. The molecule has 0 spiro atoms. The summed E-state index contributed by atoms with van der Waals surface area (Å²) in [6, 6.07) is 0.590. The molecule has 2 aliphatic rings. The molecule has 1 saturated heterocycles. The number of halogens is 2. The van der Waals surface area contributed by atoms with Crippen LogP contribution in [0.5, 0.6) is 5.88 Å². The van der Waals surface area contributed by atoms with Crippen molar-refractivity contribution >= 4 is 51.8 Å². The third-order valence-electron chi connectivity index (χ3n) is 4.49. The van der Waals surface area contributed by atoms with Gasteiger partial charge in [0.25, 0.3) is 0 Å². The Balaban J connectivity index is 0.00000225.